The van der Waals surface area contributed by atoms with Gasteiger partial charge in [-0.05, 0) is 32.8 Å². The van der Waals surface area contributed by atoms with Gasteiger partial charge in [-0.25, -0.2) is 23.1 Å². The van der Waals surface area contributed by atoms with Crippen molar-refractivity contribution < 1.29 is 8.42 Å². The maximum atomic E-state index is 12.8. The largest absolute Gasteiger partial charge is 0.339 e. The van der Waals surface area contributed by atoms with Crippen molar-refractivity contribution in [2.75, 3.05) is 18.0 Å². The Labute approximate surface area is 142 Å². The second kappa shape index (κ2) is 6.48. The van der Waals surface area contributed by atoms with Gasteiger partial charge in [0.1, 0.15) is 4.90 Å². The molecule has 0 radical (unpaired) electrons. The first-order chi connectivity index (χ1) is 11.4. The number of sulfonamides is 1. The van der Waals surface area contributed by atoms with Crippen LogP contribution in [-0.4, -0.2) is 47.3 Å². The van der Waals surface area contributed by atoms with E-state index in [4.69, 9.17) is 0 Å². The first-order valence-corrected chi connectivity index (χ1v) is 9.41. The Bertz CT molecular complexity index is 818. The fourth-order valence-electron chi connectivity index (χ4n) is 3.13. The van der Waals surface area contributed by atoms with Crippen molar-refractivity contribution >= 4 is 16.0 Å². The smallest absolute Gasteiger partial charge is 0.244 e. The number of anilines is 1. The van der Waals surface area contributed by atoms with Crippen molar-refractivity contribution in [1.29, 1.82) is 0 Å². The van der Waals surface area contributed by atoms with E-state index in [1.165, 1.54) is 0 Å². The maximum Gasteiger partial charge on any atom is 0.244 e. The lowest BCUT2D eigenvalue weighted by atomic mass is 10.1. The summed E-state index contributed by atoms with van der Waals surface area (Å²) >= 11 is 0. The monoisotopic (exact) mass is 350 g/mol. The van der Waals surface area contributed by atoms with Crippen molar-refractivity contribution in [2.24, 2.45) is 7.05 Å². The average Bonchev–Trinajstić information content (AvgIpc) is 2.81. The summed E-state index contributed by atoms with van der Waals surface area (Å²) in [5.41, 5.74) is 1.15. The van der Waals surface area contributed by atoms with Gasteiger partial charge >= 0.3 is 0 Å². The van der Waals surface area contributed by atoms with Gasteiger partial charge in [0.15, 0.2) is 0 Å². The van der Waals surface area contributed by atoms with Gasteiger partial charge in [-0.15, -0.1) is 0 Å². The summed E-state index contributed by atoms with van der Waals surface area (Å²) in [7, 11) is -1.86. The molecule has 0 spiro atoms. The van der Waals surface area contributed by atoms with Gasteiger partial charge in [0, 0.05) is 38.6 Å². The van der Waals surface area contributed by atoms with Crippen LogP contribution in [0.2, 0.25) is 0 Å². The highest BCUT2D eigenvalue weighted by molar-refractivity contribution is 7.89. The fraction of sp³-hybridized carbons (Fsp3) is 0.533. The number of piperidine rings is 1. The highest BCUT2D eigenvalue weighted by atomic mass is 32.2. The zero-order valence-electron chi connectivity index (χ0n) is 14.1. The summed E-state index contributed by atoms with van der Waals surface area (Å²) in [4.78, 5) is 10.8. The molecule has 3 heterocycles. The Morgan fingerprint density at radius 1 is 1.25 bits per heavy atom. The molecule has 0 amide bonds. The van der Waals surface area contributed by atoms with E-state index in [1.54, 1.807) is 44.0 Å². The number of rotatable bonds is 4. The lowest BCUT2D eigenvalue weighted by Gasteiger charge is -2.32. The molecule has 0 aliphatic carbocycles. The average molecular weight is 350 g/mol. The third-order valence-electron chi connectivity index (χ3n) is 4.29. The van der Waals surface area contributed by atoms with E-state index in [-0.39, 0.29) is 10.9 Å². The third-order valence-corrected chi connectivity index (χ3v) is 6.06. The SMILES string of the molecule is Cc1nn(C)c(C)c1S(=O)(=O)NC1CCCN(c2ncccn2)C1. The second-order valence-electron chi connectivity index (χ2n) is 6.08. The summed E-state index contributed by atoms with van der Waals surface area (Å²) in [6.45, 7) is 4.86. The van der Waals surface area contributed by atoms with Crippen LogP contribution in [-0.2, 0) is 17.1 Å². The van der Waals surface area contributed by atoms with Gasteiger partial charge in [0.25, 0.3) is 0 Å². The van der Waals surface area contributed by atoms with Crippen molar-refractivity contribution in [3.63, 3.8) is 0 Å². The molecule has 0 saturated carbocycles. The molecule has 1 N–H and O–H groups in total. The van der Waals surface area contributed by atoms with E-state index >= 15 is 0 Å². The molecule has 3 rings (SSSR count). The van der Waals surface area contributed by atoms with E-state index in [1.807, 2.05) is 4.90 Å². The standard InChI is InChI=1S/C15H22N6O2S/c1-11-14(12(2)20(3)18-11)24(22,23)19-13-6-4-9-21(10-13)15-16-7-5-8-17-15/h5,7-8,13,19H,4,6,9-10H2,1-3H3. The van der Waals surface area contributed by atoms with Crippen LogP contribution in [0.25, 0.3) is 0 Å². The van der Waals surface area contributed by atoms with E-state index in [0.29, 0.717) is 23.9 Å². The summed E-state index contributed by atoms with van der Waals surface area (Å²) in [6.07, 6.45) is 5.06. The fourth-order valence-corrected chi connectivity index (χ4v) is 4.83. The summed E-state index contributed by atoms with van der Waals surface area (Å²) in [5.74, 6) is 0.634. The first-order valence-electron chi connectivity index (χ1n) is 7.93. The van der Waals surface area contributed by atoms with Gasteiger partial charge in [-0.1, -0.05) is 0 Å². The van der Waals surface area contributed by atoms with Crippen LogP contribution in [0.1, 0.15) is 24.2 Å². The zero-order chi connectivity index (χ0) is 17.3. The van der Waals surface area contributed by atoms with E-state index in [0.717, 1.165) is 19.4 Å². The van der Waals surface area contributed by atoms with Crippen LogP contribution in [0.5, 0.6) is 0 Å². The zero-order valence-corrected chi connectivity index (χ0v) is 14.9. The Balaban J connectivity index is 1.78. The normalized spacial score (nSPS) is 18.8. The van der Waals surface area contributed by atoms with E-state index < -0.39 is 10.0 Å². The van der Waals surface area contributed by atoms with Crippen LogP contribution >= 0.6 is 0 Å². The molecule has 130 valence electrons. The quantitative estimate of drug-likeness (QED) is 0.876. The Morgan fingerprint density at radius 2 is 1.96 bits per heavy atom. The van der Waals surface area contributed by atoms with E-state index in [9.17, 15) is 8.42 Å². The van der Waals surface area contributed by atoms with Gasteiger partial charge in [0.05, 0.1) is 11.4 Å². The van der Waals surface area contributed by atoms with Gasteiger partial charge in [0.2, 0.25) is 16.0 Å². The highest BCUT2D eigenvalue weighted by Gasteiger charge is 2.29. The predicted molar refractivity (Wildman–Crippen MR) is 90.3 cm³/mol. The topological polar surface area (TPSA) is 93.0 Å². The second-order valence-corrected chi connectivity index (χ2v) is 7.73. The summed E-state index contributed by atoms with van der Waals surface area (Å²) < 4.78 is 30.0. The minimum absolute atomic E-state index is 0.174. The Kier molecular flexibility index (Phi) is 4.55. The number of aromatic nitrogens is 4. The van der Waals surface area contributed by atoms with Gasteiger partial charge in [-0.2, -0.15) is 5.10 Å². The molecule has 2 aromatic rings. The van der Waals surface area contributed by atoms with Crippen LogP contribution < -0.4 is 9.62 Å². The molecule has 2 aromatic heterocycles. The lowest BCUT2D eigenvalue weighted by molar-refractivity contribution is 0.461. The molecule has 24 heavy (non-hydrogen) atoms. The highest BCUT2D eigenvalue weighted by Crippen LogP contribution is 2.21. The predicted octanol–water partition coefficient (Wildman–Crippen LogP) is 0.774. The molecule has 1 atom stereocenters. The van der Waals surface area contributed by atoms with Gasteiger partial charge < -0.3 is 4.90 Å². The van der Waals surface area contributed by atoms with E-state index in [2.05, 4.69) is 19.8 Å². The minimum Gasteiger partial charge on any atom is -0.339 e. The van der Waals surface area contributed by atoms with Crippen LogP contribution in [0.4, 0.5) is 5.95 Å². The number of aryl methyl sites for hydroxylation is 2. The maximum absolute atomic E-state index is 12.8. The molecule has 1 saturated heterocycles. The summed E-state index contributed by atoms with van der Waals surface area (Å²) in [6, 6.07) is 1.59. The number of nitrogens with one attached hydrogen (secondary N) is 1. The molecule has 1 aliphatic heterocycles. The molecular weight excluding hydrogens is 328 g/mol. The number of hydrogen-bond acceptors (Lipinski definition) is 6. The summed E-state index contributed by atoms with van der Waals surface area (Å²) in [5, 5.41) is 4.20. The van der Waals surface area contributed by atoms with Crippen LogP contribution in [0, 0.1) is 13.8 Å². The van der Waals surface area contributed by atoms with Crippen molar-refractivity contribution in [2.45, 2.75) is 37.6 Å². The molecule has 9 heteroatoms. The minimum atomic E-state index is -3.61. The molecule has 0 bridgehead atoms. The van der Waals surface area contributed by atoms with Gasteiger partial charge in [-0.3, -0.25) is 4.68 Å². The van der Waals surface area contributed by atoms with Crippen molar-refractivity contribution in [3.05, 3.63) is 29.8 Å². The molecule has 1 unspecified atom stereocenters. The molecule has 0 aromatic carbocycles. The van der Waals surface area contributed by atoms with Crippen molar-refractivity contribution in [1.82, 2.24) is 24.5 Å². The Hall–Kier alpha value is -2.00. The molecule has 1 aliphatic rings. The first kappa shape index (κ1) is 16.8. The number of hydrogen-bond donors (Lipinski definition) is 1. The van der Waals surface area contributed by atoms with Crippen LogP contribution in [0.15, 0.2) is 23.4 Å². The van der Waals surface area contributed by atoms with Crippen molar-refractivity contribution in [3.8, 4) is 0 Å². The molecular formula is C15H22N6O2S. The number of nitrogens with zero attached hydrogens (tertiary/aromatic N) is 5. The Morgan fingerprint density at radius 3 is 2.58 bits per heavy atom. The lowest BCUT2D eigenvalue weighted by Crippen LogP contribution is -2.48. The molecule has 8 nitrogen and oxygen atoms in total. The van der Waals surface area contributed by atoms with Crippen LogP contribution in [0.3, 0.4) is 0 Å². The molecule has 1 fully saturated rings. The third kappa shape index (κ3) is 3.27.